The molecule has 1 atom stereocenters. The minimum Gasteiger partial charge on any atom is -0.377 e. The summed E-state index contributed by atoms with van der Waals surface area (Å²) >= 11 is 0. The molecule has 158 valence electrons. The fourth-order valence-corrected chi connectivity index (χ4v) is 3.44. The molecule has 0 bridgehead atoms. The van der Waals surface area contributed by atoms with Crippen LogP contribution in [-0.4, -0.2) is 88.3 Å². The van der Waals surface area contributed by atoms with Crippen LogP contribution in [0, 0.1) is 0 Å². The monoisotopic (exact) mass is 384 g/mol. The molecular formula is C20H40N4O3. The molecule has 7 nitrogen and oxygen atoms in total. The van der Waals surface area contributed by atoms with Crippen molar-refractivity contribution in [3.63, 3.8) is 0 Å². The van der Waals surface area contributed by atoms with E-state index in [4.69, 9.17) is 14.2 Å². The van der Waals surface area contributed by atoms with E-state index >= 15 is 0 Å². The van der Waals surface area contributed by atoms with E-state index < -0.39 is 0 Å². The van der Waals surface area contributed by atoms with E-state index in [1.165, 1.54) is 0 Å². The standard InChI is InChI=1S/C20H40N4O3/c1-4-21-20(22-9-14-25-16-19-6-5-13-27-19)23-18-7-10-24(11-8-18)12-15-26-17(2)3/h17-19H,4-16H2,1-3H3,(H2,21,22,23). The van der Waals surface area contributed by atoms with Crippen molar-refractivity contribution in [2.75, 3.05) is 59.2 Å². The molecule has 0 aliphatic carbocycles. The minimum absolute atomic E-state index is 0.288. The molecule has 0 radical (unpaired) electrons. The van der Waals surface area contributed by atoms with Gasteiger partial charge in [0.15, 0.2) is 5.96 Å². The molecule has 2 fully saturated rings. The van der Waals surface area contributed by atoms with Gasteiger partial charge in [0.2, 0.25) is 0 Å². The van der Waals surface area contributed by atoms with Crippen molar-refractivity contribution in [2.45, 2.75) is 64.7 Å². The largest absolute Gasteiger partial charge is 0.377 e. The molecule has 0 amide bonds. The molecule has 0 spiro atoms. The summed E-state index contributed by atoms with van der Waals surface area (Å²) in [4.78, 5) is 7.14. The second-order valence-electron chi connectivity index (χ2n) is 7.65. The Labute approximate surface area is 165 Å². The van der Waals surface area contributed by atoms with Crippen LogP contribution in [0.1, 0.15) is 46.5 Å². The Hall–Kier alpha value is -0.890. The fraction of sp³-hybridized carbons (Fsp3) is 0.950. The van der Waals surface area contributed by atoms with Crippen LogP contribution in [0.3, 0.4) is 0 Å². The highest BCUT2D eigenvalue weighted by atomic mass is 16.5. The van der Waals surface area contributed by atoms with E-state index in [1.54, 1.807) is 0 Å². The summed E-state index contributed by atoms with van der Waals surface area (Å²) in [6.45, 7) is 14.1. The Kier molecular flexibility index (Phi) is 11.0. The van der Waals surface area contributed by atoms with Crippen LogP contribution >= 0.6 is 0 Å². The molecule has 2 aliphatic heterocycles. The zero-order chi connectivity index (χ0) is 19.3. The Balaban J connectivity index is 1.60. The van der Waals surface area contributed by atoms with Crippen molar-refractivity contribution in [3.05, 3.63) is 0 Å². The zero-order valence-electron chi connectivity index (χ0n) is 17.5. The van der Waals surface area contributed by atoms with E-state index in [9.17, 15) is 0 Å². The van der Waals surface area contributed by atoms with Crippen molar-refractivity contribution < 1.29 is 14.2 Å². The number of hydrogen-bond acceptors (Lipinski definition) is 5. The molecule has 2 heterocycles. The number of likely N-dealkylation sites (tertiary alicyclic amines) is 1. The van der Waals surface area contributed by atoms with E-state index in [-0.39, 0.29) is 6.10 Å². The smallest absolute Gasteiger partial charge is 0.191 e. The van der Waals surface area contributed by atoms with E-state index in [0.717, 1.165) is 71.0 Å². The molecule has 2 aliphatic rings. The molecule has 0 aromatic heterocycles. The van der Waals surface area contributed by atoms with E-state index in [1.807, 2.05) is 0 Å². The lowest BCUT2D eigenvalue weighted by Gasteiger charge is -2.33. The van der Waals surface area contributed by atoms with Gasteiger partial charge < -0.3 is 29.7 Å². The lowest BCUT2D eigenvalue weighted by atomic mass is 10.1. The minimum atomic E-state index is 0.288. The van der Waals surface area contributed by atoms with Crippen LogP contribution in [0.15, 0.2) is 4.99 Å². The third kappa shape index (κ3) is 9.74. The van der Waals surface area contributed by atoms with Crippen LogP contribution in [0.5, 0.6) is 0 Å². The Morgan fingerprint density at radius 1 is 1.22 bits per heavy atom. The van der Waals surface area contributed by atoms with Gasteiger partial charge in [0.05, 0.1) is 38.6 Å². The van der Waals surface area contributed by atoms with Crippen LogP contribution < -0.4 is 10.6 Å². The van der Waals surface area contributed by atoms with E-state index in [0.29, 0.717) is 31.9 Å². The lowest BCUT2D eigenvalue weighted by Crippen LogP contribution is -2.49. The average Bonchev–Trinajstić information content (AvgIpc) is 3.16. The first-order chi connectivity index (χ1) is 13.2. The number of nitrogens with one attached hydrogen (secondary N) is 2. The van der Waals surface area contributed by atoms with Gasteiger partial charge in [-0.05, 0) is 46.5 Å². The summed E-state index contributed by atoms with van der Waals surface area (Å²) in [6, 6.07) is 0.484. The van der Waals surface area contributed by atoms with E-state index in [2.05, 4.69) is 41.3 Å². The molecule has 2 N–H and O–H groups in total. The van der Waals surface area contributed by atoms with Gasteiger partial charge in [-0.3, -0.25) is 4.99 Å². The van der Waals surface area contributed by atoms with Crippen LogP contribution in [-0.2, 0) is 14.2 Å². The van der Waals surface area contributed by atoms with Gasteiger partial charge in [0, 0.05) is 38.8 Å². The normalized spacial score (nSPS) is 22.5. The highest BCUT2D eigenvalue weighted by molar-refractivity contribution is 5.80. The highest BCUT2D eigenvalue weighted by Crippen LogP contribution is 2.12. The SMILES string of the molecule is CCNC(=NCCOCC1CCCO1)NC1CCN(CCOC(C)C)CC1. The molecule has 0 aromatic rings. The van der Waals surface area contributed by atoms with Gasteiger partial charge in [-0.2, -0.15) is 0 Å². The number of aliphatic imine (C=N–C) groups is 1. The third-order valence-corrected chi connectivity index (χ3v) is 4.96. The highest BCUT2D eigenvalue weighted by Gasteiger charge is 2.20. The molecule has 0 saturated carbocycles. The van der Waals surface area contributed by atoms with Gasteiger partial charge >= 0.3 is 0 Å². The molecule has 0 aromatic carbocycles. The van der Waals surface area contributed by atoms with Crippen molar-refractivity contribution in [3.8, 4) is 0 Å². The zero-order valence-corrected chi connectivity index (χ0v) is 17.5. The fourth-order valence-electron chi connectivity index (χ4n) is 3.44. The summed E-state index contributed by atoms with van der Waals surface area (Å²) in [5.41, 5.74) is 0. The second-order valence-corrected chi connectivity index (χ2v) is 7.65. The average molecular weight is 385 g/mol. The quantitative estimate of drug-likeness (QED) is 0.321. The third-order valence-electron chi connectivity index (χ3n) is 4.96. The lowest BCUT2D eigenvalue weighted by molar-refractivity contribution is 0.0200. The van der Waals surface area contributed by atoms with Gasteiger partial charge in [-0.1, -0.05) is 0 Å². The number of guanidine groups is 1. The van der Waals surface area contributed by atoms with Crippen molar-refractivity contribution in [2.24, 2.45) is 4.99 Å². The first-order valence-electron chi connectivity index (χ1n) is 10.8. The maximum absolute atomic E-state index is 5.70. The van der Waals surface area contributed by atoms with Gasteiger partial charge in [-0.25, -0.2) is 0 Å². The molecule has 1 unspecified atom stereocenters. The first kappa shape index (κ1) is 22.4. The Bertz CT molecular complexity index is 406. The molecule has 2 rings (SSSR count). The number of hydrogen-bond donors (Lipinski definition) is 2. The van der Waals surface area contributed by atoms with Crippen LogP contribution in [0.2, 0.25) is 0 Å². The first-order valence-corrected chi connectivity index (χ1v) is 10.8. The van der Waals surface area contributed by atoms with Gasteiger partial charge in [0.25, 0.3) is 0 Å². The topological polar surface area (TPSA) is 67.4 Å². The van der Waals surface area contributed by atoms with Crippen LogP contribution in [0.4, 0.5) is 0 Å². The van der Waals surface area contributed by atoms with Gasteiger partial charge in [0.1, 0.15) is 0 Å². The number of ether oxygens (including phenoxy) is 3. The maximum atomic E-state index is 5.70. The summed E-state index contributed by atoms with van der Waals surface area (Å²) < 4.78 is 16.9. The summed E-state index contributed by atoms with van der Waals surface area (Å²) in [7, 11) is 0. The molecule has 7 heteroatoms. The number of rotatable bonds is 11. The predicted molar refractivity (Wildman–Crippen MR) is 109 cm³/mol. The van der Waals surface area contributed by atoms with Crippen LogP contribution in [0.25, 0.3) is 0 Å². The molecule has 27 heavy (non-hydrogen) atoms. The van der Waals surface area contributed by atoms with Crippen molar-refractivity contribution in [1.29, 1.82) is 0 Å². The summed E-state index contributed by atoms with van der Waals surface area (Å²) in [5.74, 6) is 0.903. The summed E-state index contributed by atoms with van der Waals surface area (Å²) in [5, 5.41) is 6.93. The molecule has 2 saturated heterocycles. The number of piperidine rings is 1. The molecular weight excluding hydrogens is 344 g/mol. The Morgan fingerprint density at radius 2 is 2.04 bits per heavy atom. The maximum Gasteiger partial charge on any atom is 0.191 e. The predicted octanol–water partition coefficient (Wildman–Crippen LogP) is 1.63. The Morgan fingerprint density at radius 3 is 2.70 bits per heavy atom. The number of nitrogens with zero attached hydrogens (tertiary/aromatic N) is 2. The van der Waals surface area contributed by atoms with Crippen molar-refractivity contribution >= 4 is 5.96 Å². The summed E-state index contributed by atoms with van der Waals surface area (Å²) in [6.07, 6.45) is 5.16. The van der Waals surface area contributed by atoms with Gasteiger partial charge in [-0.15, -0.1) is 0 Å². The van der Waals surface area contributed by atoms with Crippen molar-refractivity contribution in [1.82, 2.24) is 15.5 Å². The second kappa shape index (κ2) is 13.3.